The summed E-state index contributed by atoms with van der Waals surface area (Å²) in [5.74, 6) is 0.205. The maximum atomic E-state index is 12.4. The SMILES string of the molecule is COc1ccc(Br)cc1CN(C)C(=O)CNS(=O)(=O)c1ccccc1C#N. The molecule has 0 bridgehead atoms. The van der Waals surface area contributed by atoms with E-state index in [2.05, 4.69) is 20.7 Å². The van der Waals surface area contributed by atoms with Gasteiger partial charge in [-0.3, -0.25) is 4.79 Å². The van der Waals surface area contributed by atoms with E-state index in [-0.39, 0.29) is 17.0 Å². The molecule has 2 aromatic carbocycles. The second-order valence-corrected chi connectivity index (χ2v) is 8.29. The largest absolute Gasteiger partial charge is 0.496 e. The summed E-state index contributed by atoms with van der Waals surface area (Å²) in [5, 5.41) is 9.05. The molecule has 0 fully saturated rings. The van der Waals surface area contributed by atoms with Crippen LogP contribution < -0.4 is 9.46 Å². The van der Waals surface area contributed by atoms with E-state index in [0.717, 1.165) is 10.0 Å². The van der Waals surface area contributed by atoms with Crippen molar-refractivity contribution in [2.24, 2.45) is 0 Å². The number of likely N-dealkylation sites (N-methyl/N-ethyl adjacent to an activating group) is 1. The molecule has 0 radical (unpaired) electrons. The fourth-order valence-corrected chi connectivity index (χ4v) is 3.92. The van der Waals surface area contributed by atoms with Crippen molar-refractivity contribution in [3.63, 3.8) is 0 Å². The first-order valence-electron chi connectivity index (χ1n) is 7.83. The Morgan fingerprint density at radius 3 is 2.67 bits per heavy atom. The third-order valence-electron chi connectivity index (χ3n) is 3.79. The molecule has 0 saturated carbocycles. The lowest BCUT2D eigenvalue weighted by Gasteiger charge is -2.19. The van der Waals surface area contributed by atoms with Crippen LogP contribution in [0.15, 0.2) is 51.8 Å². The third-order valence-corrected chi connectivity index (χ3v) is 5.74. The lowest BCUT2D eigenvalue weighted by molar-refractivity contribution is -0.129. The topological polar surface area (TPSA) is 99.5 Å². The molecule has 0 unspecified atom stereocenters. The minimum atomic E-state index is -3.98. The van der Waals surface area contributed by atoms with Gasteiger partial charge >= 0.3 is 0 Å². The molecule has 0 heterocycles. The van der Waals surface area contributed by atoms with E-state index < -0.39 is 22.5 Å². The number of carbonyl (C=O) groups is 1. The molecule has 9 heteroatoms. The Balaban J connectivity index is 2.07. The number of amides is 1. The van der Waals surface area contributed by atoms with Gasteiger partial charge in [0.15, 0.2) is 0 Å². The number of methoxy groups -OCH3 is 1. The number of halogens is 1. The van der Waals surface area contributed by atoms with Crippen LogP contribution in [0.2, 0.25) is 0 Å². The number of hydrogen-bond donors (Lipinski definition) is 1. The minimum absolute atomic E-state index is 0.0182. The van der Waals surface area contributed by atoms with Gasteiger partial charge in [-0.05, 0) is 30.3 Å². The van der Waals surface area contributed by atoms with Gasteiger partial charge in [-0.1, -0.05) is 28.1 Å². The molecule has 27 heavy (non-hydrogen) atoms. The second-order valence-electron chi connectivity index (χ2n) is 5.64. The van der Waals surface area contributed by atoms with Crippen molar-refractivity contribution in [2.75, 3.05) is 20.7 Å². The van der Waals surface area contributed by atoms with Gasteiger partial charge in [0.05, 0.1) is 24.1 Å². The normalized spacial score (nSPS) is 10.9. The number of carbonyl (C=O) groups excluding carboxylic acids is 1. The predicted molar refractivity (Wildman–Crippen MR) is 104 cm³/mol. The van der Waals surface area contributed by atoms with E-state index >= 15 is 0 Å². The second kappa shape index (κ2) is 8.99. The Morgan fingerprint density at radius 2 is 2.00 bits per heavy atom. The third kappa shape index (κ3) is 5.29. The van der Waals surface area contributed by atoms with Crippen LogP contribution in [0.4, 0.5) is 0 Å². The maximum absolute atomic E-state index is 12.4. The molecule has 1 N–H and O–H groups in total. The Kier molecular flexibility index (Phi) is 6.96. The average Bonchev–Trinajstić information content (AvgIpc) is 2.66. The van der Waals surface area contributed by atoms with E-state index in [1.807, 2.05) is 18.2 Å². The van der Waals surface area contributed by atoms with Crippen molar-refractivity contribution < 1.29 is 17.9 Å². The van der Waals surface area contributed by atoms with Crippen molar-refractivity contribution in [1.29, 1.82) is 5.26 Å². The van der Waals surface area contributed by atoms with Crippen LogP contribution in [0.5, 0.6) is 5.75 Å². The molecule has 0 aliphatic rings. The van der Waals surface area contributed by atoms with Gasteiger partial charge in [-0.2, -0.15) is 5.26 Å². The summed E-state index contributed by atoms with van der Waals surface area (Å²) in [6, 6.07) is 13.1. The Hall–Kier alpha value is -2.41. The zero-order valence-electron chi connectivity index (χ0n) is 14.8. The molecule has 2 rings (SSSR count). The maximum Gasteiger partial charge on any atom is 0.242 e. The lowest BCUT2D eigenvalue weighted by atomic mass is 10.2. The Morgan fingerprint density at radius 1 is 1.30 bits per heavy atom. The smallest absolute Gasteiger partial charge is 0.242 e. The van der Waals surface area contributed by atoms with Crippen LogP contribution in [0.25, 0.3) is 0 Å². The molecular weight excluding hydrogens is 434 g/mol. The van der Waals surface area contributed by atoms with Crippen LogP contribution in [-0.4, -0.2) is 39.9 Å². The van der Waals surface area contributed by atoms with Gasteiger partial charge < -0.3 is 9.64 Å². The molecule has 7 nitrogen and oxygen atoms in total. The number of hydrogen-bond acceptors (Lipinski definition) is 5. The summed E-state index contributed by atoms with van der Waals surface area (Å²) in [6.07, 6.45) is 0. The molecule has 0 aliphatic heterocycles. The number of nitrogens with zero attached hydrogens (tertiary/aromatic N) is 2. The van der Waals surface area contributed by atoms with Gasteiger partial charge in [-0.25, -0.2) is 13.1 Å². The van der Waals surface area contributed by atoms with Gasteiger partial charge in [-0.15, -0.1) is 0 Å². The van der Waals surface area contributed by atoms with E-state index in [1.165, 1.54) is 30.2 Å². The first-order valence-corrected chi connectivity index (χ1v) is 10.1. The summed E-state index contributed by atoms with van der Waals surface area (Å²) >= 11 is 3.37. The van der Waals surface area contributed by atoms with Crippen molar-refractivity contribution in [3.05, 3.63) is 58.1 Å². The highest BCUT2D eigenvalue weighted by atomic mass is 79.9. The van der Waals surface area contributed by atoms with Crippen LogP contribution in [0.1, 0.15) is 11.1 Å². The summed E-state index contributed by atoms with van der Waals surface area (Å²) in [4.78, 5) is 13.6. The number of benzene rings is 2. The van der Waals surface area contributed by atoms with Crippen molar-refractivity contribution in [2.45, 2.75) is 11.4 Å². The number of sulfonamides is 1. The van der Waals surface area contributed by atoms with Crippen molar-refractivity contribution in [3.8, 4) is 11.8 Å². The molecule has 0 aromatic heterocycles. The van der Waals surface area contributed by atoms with Crippen molar-refractivity contribution >= 4 is 31.9 Å². The van der Waals surface area contributed by atoms with E-state index in [9.17, 15) is 13.2 Å². The van der Waals surface area contributed by atoms with Crippen molar-refractivity contribution in [1.82, 2.24) is 9.62 Å². The van der Waals surface area contributed by atoms with Gasteiger partial charge in [0.2, 0.25) is 15.9 Å². The molecular formula is C18H18BrN3O4S. The van der Waals surface area contributed by atoms with E-state index in [4.69, 9.17) is 10.00 Å². The first-order chi connectivity index (χ1) is 12.8. The van der Waals surface area contributed by atoms with E-state index in [0.29, 0.717) is 5.75 Å². The summed E-state index contributed by atoms with van der Waals surface area (Å²) in [7, 11) is -0.870. The molecule has 0 atom stereocenters. The molecule has 2 aromatic rings. The highest BCUT2D eigenvalue weighted by molar-refractivity contribution is 9.10. The fourth-order valence-electron chi connectivity index (χ4n) is 2.38. The van der Waals surface area contributed by atoms with Crippen LogP contribution in [0.3, 0.4) is 0 Å². The summed E-state index contributed by atoms with van der Waals surface area (Å²) in [6.45, 7) is -0.174. The lowest BCUT2D eigenvalue weighted by Crippen LogP contribution is -2.38. The molecule has 0 saturated heterocycles. The fraction of sp³-hybridized carbons (Fsp3) is 0.222. The van der Waals surface area contributed by atoms with Gasteiger partial charge in [0, 0.05) is 23.6 Å². The van der Waals surface area contributed by atoms with Crippen LogP contribution in [-0.2, 0) is 21.4 Å². The average molecular weight is 452 g/mol. The quantitative estimate of drug-likeness (QED) is 0.695. The Labute approximate surface area is 166 Å². The number of ether oxygens (including phenoxy) is 1. The van der Waals surface area contributed by atoms with Gasteiger partial charge in [0.1, 0.15) is 11.8 Å². The molecule has 0 spiro atoms. The first kappa shape index (κ1) is 20.9. The zero-order valence-corrected chi connectivity index (χ0v) is 17.2. The highest BCUT2D eigenvalue weighted by Crippen LogP contribution is 2.24. The number of nitriles is 1. The summed E-state index contributed by atoms with van der Waals surface area (Å²) in [5.41, 5.74) is 0.796. The minimum Gasteiger partial charge on any atom is -0.496 e. The monoisotopic (exact) mass is 451 g/mol. The highest BCUT2D eigenvalue weighted by Gasteiger charge is 2.20. The Bertz CT molecular complexity index is 986. The predicted octanol–water partition coefficient (Wildman–Crippen LogP) is 2.27. The zero-order chi connectivity index (χ0) is 20.0. The van der Waals surface area contributed by atoms with E-state index in [1.54, 1.807) is 19.2 Å². The van der Waals surface area contributed by atoms with Crippen LogP contribution in [0, 0.1) is 11.3 Å². The number of rotatable bonds is 7. The standard InChI is InChI=1S/C18H18BrN3O4S/c1-22(12-14-9-15(19)7-8-16(14)26-2)18(23)11-21-27(24,25)17-6-4-3-5-13(17)10-20/h3-9,21H,11-12H2,1-2H3. The molecule has 1 amide bonds. The van der Waals surface area contributed by atoms with Gasteiger partial charge in [0.25, 0.3) is 0 Å². The summed E-state index contributed by atoms with van der Waals surface area (Å²) < 4.78 is 33.1. The van der Waals surface area contributed by atoms with Crippen LogP contribution >= 0.6 is 15.9 Å². The molecule has 142 valence electrons. The molecule has 0 aliphatic carbocycles. The number of nitrogens with one attached hydrogen (secondary N) is 1.